The zero-order chi connectivity index (χ0) is 24.1. The van der Waals surface area contributed by atoms with Crippen LogP contribution in [0.15, 0.2) is 60.0 Å². The number of rotatable bonds is 9. The van der Waals surface area contributed by atoms with Crippen LogP contribution in [0.3, 0.4) is 0 Å². The number of carbonyl (C=O) groups is 2. The Balaban J connectivity index is 1.78. The molecular weight excluding hydrogens is 450 g/mol. The van der Waals surface area contributed by atoms with Gasteiger partial charge in [0.2, 0.25) is 11.8 Å². The van der Waals surface area contributed by atoms with Crippen LogP contribution >= 0.6 is 11.3 Å². The molecule has 2 aromatic carbocycles. The highest BCUT2D eigenvalue weighted by molar-refractivity contribution is 7.10. The molecule has 0 aliphatic heterocycles. The minimum Gasteiger partial charge on any atom is -0.383 e. The Morgan fingerprint density at radius 3 is 2.71 bits per heavy atom. The van der Waals surface area contributed by atoms with Crippen molar-refractivity contribution < 1.29 is 14.3 Å². The number of carbonyl (C=O) groups excluding carboxylic acids is 2. The van der Waals surface area contributed by atoms with E-state index in [1.807, 2.05) is 73.8 Å². The summed E-state index contributed by atoms with van der Waals surface area (Å²) in [5.41, 5.74) is 4.13. The highest BCUT2D eigenvalue weighted by atomic mass is 32.1. The first-order chi connectivity index (χ1) is 16.5. The molecule has 2 heterocycles. The molecule has 9 heteroatoms. The second-order valence-electron chi connectivity index (χ2n) is 7.92. The first-order valence-electron chi connectivity index (χ1n) is 11.0. The van der Waals surface area contributed by atoms with Crippen LogP contribution in [0.25, 0.3) is 11.0 Å². The summed E-state index contributed by atoms with van der Waals surface area (Å²) in [5, 5.41) is 13.2. The van der Waals surface area contributed by atoms with Crippen molar-refractivity contribution in [3.63, 3.8) is 0 Å². The summed E-state index contributed by atoms with van der Waals surface area (Å²) < 4.78 is 6.66. The van der Waals surface area contributed by atoms with Gasteiger partial charge in [-0.1, -0.05) is 35.5 Å². The van der Waals surface area contributed by atoms with E-state index in [4.69, 9.17) is 4.74 Å². The standard InChI is InChI=1S/C25H27N5O3S/c1-17-8-6-11-20(18(17)2)30(23(31)16-29-21-10-5-4-9-19(21)27-28-29)24(22-12-7-15-34-22)25(32)26-13-14-33-3/h4-12,15,24H,13-14,16H2,1-3H3,(H,26,32)/t24-/m0/s1. The van der Waals surface area contributed by atoms with Crippen molar-refractivity contribution in [3.8, 4) is 0 Å². The van der Waals surface area contributed by atoms with Crippen molar-refractivity contribution >= 4 is 39.9 Å². The van der Waals surface area contributed by atoms with E-state index < -0.39 is 6.04 Å². The lowest BCUT2D eigenvalue weighted by Crippen LogP contribution is -2.46. The maximum atomic E-state index is 13.9. The van der Waals surface area contributed by atoms with Gasteiger partial charge in [0, 0.05) is 24.2 Å². The summed E-state index contributed by atoms with van der Waals surface area (Å²) in [6.07, 6.45) is 0. The third-order valence-corrected chi connectivity index (χ3v) is 6.66. The van der Waals surface area contributed by atoms with Gasteiger partial charge in [-0.25, -0.2) is 4.68 Å². The number of hydrogen-bond acceptors (Lipinski definition) is 6. The zero-order valence-electron chi connectivity index (χ0n) is 19.4. The van der Waals surface area contributed by atoms with Gasteiger partial charge in [-0.05, 0) is 54.6 Å². The zero-order valence-corrected chi connectivity index (χ0v) is 20.2. The van der Waals surface area contributed by atoms with Gasteiger partial charge in [0.15, 0.2) is 0 Å². The molecule has 176 valence electrons. The molecule has 0 aliphatic carbocycles. The van der Waals surface area contributed by atoms with E-state index in [2.05, 4.69) is 15.6 Å². The summed E-state index contributed by atoms with van der Waals surface area (Å²) in [6.45, 7) is 4.63. The second kappa shape index (κ2) is 10.6. The highest BCUT2D eigenvalue weighted by Gasteiger charge is 2.34. The van der Waals surface area contributed by atoms with Crippen LogP contribution < -0.4 is 10.2 Å². The molecule has 0 aliphatic rings. The number of aromatic nitrogens is 3. The second-order valence-corrected chi connectivity index (χ2v) is 8.90. The predicted molar refractivity (Wildman–Crippen MR) is 133 cm³/mol. The summed E-state index contributed by atoms with van der Waals surface area (Å²) in [6, 6.07) is 16.2. The molecule has 0 fully saturated rings. The molecule has 4 aromatic rings. The number of para-hydroxylation sites is 1. The summed E-state index contributed by atoms with van der Waals surface area (Å²) in [5.74, 6) is -0.526. The molecule has 0 unspecified atom stereocenters. The van der Waals surface area contributed by atoms with Gasteiger partial charge in [-0.3, -0.25) is 14.5 Å². The highest BCUT2D eigenvalue weighted by Crippen LogP contribution is 2.34. The maximum Gasteiger partial charge on any atom is 0.249 e. The van der Waals surface area contributed by atoms with Crippen LogP contribution in [0.5, 0.6) is 0 Å². The number of benzene rings is 2. The Morgan fingerprint density at radius 2 is 1.94 bits per heavy atom. The smallest absolute Gasteiger partial charge is 0.249 e. The van der Waals surface area contributed by atoms with E-state index in [1.165, 1.54) is 11.3 Å². The van der Waals surface area contributed by atoms with E-state index in [9.17, 15) is 9.59 Å². The molecule has 2 aromatic heterocycles. The number of aryl methyl sites for hydroxylation is 1. The number of amides is 2. The summed E-state index contributed by atoms with van der Waals surface area (Å²) >= 11 is 1.44. The third kappa shape index (κ3) is 4.85. The van der Waals surface area contributed by atoms with Gasteiger partial charge < -0.3 is 10.1 Å². The average Bonchev–Trinajstić information content (AvgIpc) is 3.50. The number of ether oxygens (including phenoxy) is 1. The van der Waals surface area contributed by atoms with Gasteiger partial charge in [0.1, 0.15) is 18.1 Å². The number of methoxy groups -OCH3 is 1. The van der Waals surface area contributed by atoms with Gasteiger partial charge in [0.25, 0.3) is 0 Å². The van der Waals surface area contributed by atoms with Crippen LogP contribution in [-0.4, -0.2) is 47.1 Å². The van der Waals surface area contributed by atoms with Crippen molar-refractivity contribution in [1.82, 2.24) is 20.3 Å². The third-order valence-electron chi connectivity index (χ3n) is 5.73. The Hall–Kier alpha value is -3.56. The lowest BCUT2D eigenvalue weighted by Gasteiger charge is -2.32. The quantitative estimate of drug-likeness (QED) is 0.372. The number of nitrogens with zero attached hydrogens (tertiary/aromatic N) is 4. The molecule has 0 saturated carbocycles. The van der Waals surface area contributed by atoms with Crippen molar-refractivity contribution in [1.29, 1.82) is 0 Å². The molecule has 34 heavy (non-hydrogen) atoms. The first kappa shape index (κ1) is 23.6. The maximum absolute atomic E-state index is 13.9. The Kier molecular flexibility index (Phi) is 7.34. The number of fused-ring (bicyclic) bond motifs is 1. The summed E-state index contributed by atoms with van der Waals surface area (Å²) in [4.78, 5) is 29.7. The van der Waals surface area contributed by atoms with Gasteiger partial charge >= 0.3 is 0 Å². The minimum atomic E-state index is -0.834. The molecule has 1 atom stereocenters. The molecule has 0 spiro atoms. The van der Waals surface area contributed by atoms with Crippen molar-refractivity contribution in [2.75, 3.05) is 25.2 Å². The Bertz CT molecular complexity index is 1280. The molecule has 2 amide bonds. The Labute approximate surface area is 202 Å². The van der Waals surface area contributed by atoms with Gasteiger partial charge in [0.05, 0.1) is 12.1 Å². The fourth-order valence-electron chi connectivity index (χ4n) is 3.85. The Morgan fingerprint density at radius 1 is 1.12 bits per heavy atom. The summed E-state index contributed by atoms with van der Waals surface area (Å²) in [7, 11) is 1.58. The molecule has 4 rings (SSSR count). The van der Waals surface area contributed by atoms with E-state index in [0.717, 1.165) is 21.5 Å². The van der Waals surface area contributed by atoms with Crippen molar-refractivity contribution in [2.45, 2.75) is 26.4 Å². The molecule has 0 saturated heterocycles. The van der Waals surface area contributed by atoms with E-state index in [-0.39, 0.29) is 18.4 Å². The lowest BCUT2D eigenvalue weighted by molar-refractivity contribution is -0.127. The molecule has 0 radical (unpaired) electrons. The fraction of sp³-hybridized carbons (Fsp3) is 0.280. The largest absolute Gasteiger partial charge is 0.383 e. The van der Waals surface area contributed by atoms with Crippen molar-refractivity contribution in [3.05, 3.63) is 76.0 Å². The topological polar surface area (TPSA) is 89.4 Å². The van der Waals surface area contributed by atoms with Crippen LogP contribution in [0.1, 0.15) is 22.0 Å². The predicted octanol–water partition coefficient (Wildman–Crippen LogP) is 3.65. The van der Waals surface area contributed by atoms with Crippen LogP contribution in [0.4, 0.5) is 5.69 Å². The monoisotopic (exact) mass is 477 g/mol. The molecule has 8 nitrogen and oxygen atoms in total. The molecule has 1 N–H and O–H groups in total. The lowest BCUT2D eigenvalue weighted by atomic mass is 10.0. The van der Waals surface area contributed by atoms with E-state index in [0.29, 0.717) is 24.4 Å². The average molecular weight is 478 g/mol. The number of hydrogen-bond donors (Lipinski definition) is 1. The van der Waals surface area contributed by atoms with Gasteiger partial charge in [-0.2, -0.15) is 0 Å². The van der Waals surface area contributed by atoms with Crippen LogP contribution in [-0.2, 0) is 20.9 Å². The number of anilines is 1. The van der Waals surface area contributed by atoms with Crippen LogP contribution in [0.2, 0.25) is 0 Å². The van der Waals surface area contributed by atoms with E-state index in [1.54, 1.807) is 16.7 Å². The first-order valence-corrected chi connectivity index (χ1v) is 11.9. The molecular formula is C25H27N5O3S. The minimum absolute atomic E-state index is 0.0544. The number of nitrogens with one attached hydrogen (secondary N) is 1. The fourth-order valence-corrected chi connectivity index (χ4v) is 4.66. The van der Waals surface area contributed by atoms with Crippen LogP contribution in [0, 0.1) is 13.8 Å². The molecule has 0 bridgehead atoms. The van der Waals surface area contributed by atoms with Gasteiger partial charge in [-0.15, -0.1) is 16.4 Å². The normalized spacial score (nSPS) is 12.0. The number of thiophene rings is 1. The van der Waals surface area contributed by atoms with E-state index >= 15 is 0 Å². The van der Waals surface area contributed by atoms with Crippen molar-refractivity contribution in [2.24, 2.45) is 0 Å². The SMILES string of the molecule is COCCNC(=O)[C@H](c1cccs1)N(C(=O)Cn1nnc2ccccc21)c1cccc(C)c1C.